The molecule has 0 saturated carbocycles. The molecule has 2 N–H and O–H groups in total. The zero-order chi connectivity index (χ0) is 26.4. The third-order valence-corrected chi connectivity index (χ3v) is 8.61. The average molecular weight is 566 g/mol. The predicted octanol–water partition coefficient (Wildman–Crippen LogP) is 4.96. The van der Waals surface area contributed by atoms with Crippen molar-refractivity contribution < 1.29 is 17.9 Å². The molecule has 1 aliphatic rings. The fourth-order valence-corrected chi connectivity index (χ4v) is 6.50. The smallest absolute Gasteiger partial charge is 0.246 e. The molecule has 0 unspecified atom stereocenters. The fraction of sp³-hybridized carbons (Fsp3) is 0.385. The summed E-state index contributed by atoms with van der Waals surface area (Å²) in [6, 6.07) is 12.0. The number of hydrogen-bond donors (Lipinski definition) is 2. The van der Waals surface area contributed by atoms with Crippen LogP contribution in [0.3, 0.4) is 0 Å². The highest BCUT2D eigenvalue weighted by atomic mass is 35.5. The van der Waals surface area contributed by atoms with Crippen LogP contribution < -0.4 is 15.4 Å². The second-order valence-electron chi connectivity index (χ2n) is 8.82. The Hall–Kier alpha value is -2.59. The highest BCUT2D eigenvalue weighted by molar-refractivity contribution is 7.89. The molecule has 1 fully saturated rings. The standard InChI is InChI=1S/C26H30Cl2N4O4S/c1-2-36-24-9-7-20(28)16-25(24)37(34,35)32-14-3-5-18(17-32)26(33)31-12-4-11-29-22-10-13-30-23-15-19(27)6-8-21(22)23/h6-10,13,15-16,18H,2-5,11-12,14,17H2,1H3,(H,29,30)(H,31,33)/t18-/m0/s1. The van der Waals surface area contributed by atoms with E-state index in [1.165, 1.54) is 10.4 Å². The normalized spacial score (nSPS) is 16.5. The van der Waals surface area contributed by atoms with Crippen molar-refractivity contribution in [3.05, 3.63) is 58.7 Å². The molecule has 1 aromatic heterocycles. The first kappa shape index (κ1) is 27.4. The third-order valence-electron chi connectivity index (χ3n) is 6.25. The molecule has 1 saturated heterocycles. The first-order chi connectivity index (χ1) is 17.8. The Morgan fingerprint density at radius 3 is 2.73 bits per heavy atom. The molecule has 2 heterocycles. The molecule has 0 radical (unpaired) electrons. The van der Waals surface area contributed by atoms with Gasteiger partial charge in [0.25, 0.3) is 0 Å². The number of aromatic nitrogens is 1. The predicted molar refractivity (Wildman–Crippen MR) is 147 cm³/mol. The summed E-state index contributed by atoms with van der Waals surface area (Å²) in [7, 11) is -3.86. The van der Waals surface area contributed by atoms with E-state index in [1.807, 2.05) is 24.3 Å². The second-order valence-corrected chi connectivity index (χ2v) is 11.6. The first-order valence-corrected chi connectivity index (χ1v) is 14.5. The number of rotatable bonds is 10. The molecule has 198 valence electrons. The molecule has 3 aromatic rings. The summed E-state index contributed by atoms with van der Waals surface area (Å²) in [4.78, 5) is 17.2. The van der Waals surface area contributed by atoms with Crippen LogP contribution in [0.5, 0.6) is 5.75 Å². The van der Waals surface area contributed by atoms with Crippen LogP contribution in [0.4, 0.5) is 5.69 Å². The Bertz CT molecular complexity index is 1370. The monoisotopic (exact) mass is 564 g/mol. The van der Waals surface area contributed by atoms with Crippen LogP contribution in [-0.4, -0.2) is 56.4 Å². The van der Waals surface area contributed by atoms with Gasteiger partial charge in [0.1, 0.15) is 10.6 Å². The van der Waals surface area contributed by atoms with Crippen LogP contribution in [0.1, 0.15) is 26.2 Å². The van der Waals surface area contributed by atoms with Crippen LogP contribution in [0.25, 0.3) is 10.9 Å². The van der Waals surface area contributed by atoms with Crippen molar-refractivity contribution in [3.8, 4) is 5.75 Å². The van der Waals surface area contributed by atoms with E-state index in [9.17, 15) is 13.2 Å². The number of halogens is 2. The minimum atomic E-state index is -3.86. The SMILES string of the molecule is CCOc1ccc(Cl)cc1S(=O)(=O)N1CCC[C@H](C(=O)NCCCNc2ccnc3cc(Cl)ccc23)C1. The molecule has 2 aromatic carbocycles. The van der Waals surface area contributed by atoms with Crippen molar-refractivity contribution in [2.24, 2.45) is 5.92 Å². The summed E-state index contributed by atoms with van der Waals surface area (Å²) < 4.78 is 33.6. The zero-order valence-corrected chi connectivity index (χ0v) is 22.9. The number of nitrogens with zero attached hydrogens (tertiary/aromatic N) is 2. The van der Waals surface area contributed by atoms with E-state index in [4.69, 9.17) is 27.9 Å². The minimum Gasteiger partial charge on any atom is -0.492 e. The number of carbonyl (C=O) groups excluding carboxylic acids is 1. The Morgan fingerprint density at radius 1 is 1.14 bits per heavy atom. The number of piperidine rings is 1. The van der Waals surface area contributed by atoms with Gasteiger partial charge >= 0.3 is 0 Å². The zero-order valence-electron chi connectivity index (χ0n) is 20.5. The van der Waals surface area contributed by atoms with Gasteiger partial charge in [-0.15, -0.1) is 0 Å². The summed E-state index contributed by atoms with van der Waals surface area (Å²) >= 11 is 12.1. The van der Waals surface area contributed by atoms with Crippen molar-refractivity contribution in [3.63, 3.8) is 0 Å². The van der Waals surface area contributed by atoms with Crippen molar-refractivity contribution in [1.29, 1.82) is 0 Å². The maximum atomic E-state index is 13.4. The molecule has 0 spiro atoms. The lowest BCUT2D eigenvalue weighted by Gasteiger charge is -2.31. The van der Waals surface area contributed by atoms with E-state index >= 15 is 0 Å². The number of amides is 1. The molecule has 37 heavy (non-hydrogen) atoms. The lowest BCUT2D eigenvalue weighted by molar-refractivity contribution is -0.126. The van der Waals surface area contributed by atoms with Crippen LogP contribution in [-0.2, 0) is 14.8 Å². The number of sulfonamides is 1. The second kappa shape index (κ2) is 12.3. The van der Waals surface area contributed by atoms with E-state index in [0.717, 1.165) is 16.6 Å². The highest BCUT2D eigenvalue weighted by Gasteiger charge is 2.35. The molecule has 8 nitrogen and oxygen atoms in total. The van der Waals surface area contributed by atoms with Gasteiger partial charge in [0, 0.05) is 53.5 Å². The van der Waals surface area contributed by atoms with Gasteiger partial charge in [-0.05, 0) is 68.7 Å². The summed E-state index contributed by atoms with van der Waals surface area (Å²) in [5, 5.41) is 8.27. The van der Waals surface area contributed by atoms with Gasteiger partial charge in [0.15, 0.2) is 0 Å². The van der Waals surface area contributed by atoms with Crippen molar-refractivity contribution in [1.82, 2.24) is 14.6 Å². The average Bonchev–Trinajstić information content (AvgIpc) is 2.89. The molecule has 4 rings (SSSR count). The Kier molecular flexibility index (Phi) is 9.13. The number of fused-ring (bicyclic) bond motifs is 1. The summed E-state index contributed by atoms with van der Waals surface area (Å²) in [5.41, 5.74) is 1.77. The van der Waals surface area contributed by atoms with Crippen LogP contribution in [0.15, 0.2) is 53.6 Å². The number of hydrogen-bond acceptors (Lipinski definition) is 6. The van der Waals surface area contributed by atoms with E-state index in [1.54, 1.807) is 25.3 Å². The van der Waals surface area contributed by atoms with Gasteiger partial charge in [-0.2, -0.15) is 4.31 Å². The topological polar surface area (TPSA) is 101 Å². The number of carbonyl (C=O) groups is 1. The van der Waals surface area contributed by atoms with Gasteiger partial charge in [-0.1, -0.05) is 23.2 Å². The number of pyridine rings is 1. The van der Waals surface area contributed by atoms with Crippen LogP contribution in [0.2, 0.25) is 10.0 Å². The fourth-order valence-electron chi connectivity index (χ4n) is 4.41. The van der Waals surface area contributed by atoms with E-state index in [0.29, 0.717) is 55.5 Å². The Labute approximate surface area is 227 Å². The molecule has 11 heteroatoms. The maximum Gasteiger partial charge on any atom is 0.246 e. The van der Waals surface area contributed by atoms with Crippen molar-refractivity contribution in [2.45, 2.75) is 31.1 Å². The minimum absolute atomic E-state index is 0.0277. The lowest BCUT2D eigenvalue weighted by Crippen LogP contribution is -2.45. The van der Waals surface area contributed by atoms with Gasteiger partial charge in [0.2, 0.25) is 15.9 Å². The van der Waals surface area contributed by atoms with E-state index in [2.05, 4.69) is 15.6 Å². The quantitative estimate of drug-likeness (QED) is 0.337. The largest absolute Gasteiger partial charge is 0.492 e. The van der Waals surface area contributed by atoms with E-state index < -0.39 is 15.9 Å². The Balaban J connectivity index is 1.30. The van der Waals surface area contributed by atoms with Crippen LogP contribution in [0, 0.1) is 5.92 Å². The molecule has 1 atom stereocenters. The third kappa shape index (κ3) is 6.65. The molecular weight excluding hydrogens is 535 g/mol. The molecular formula is C26H30Cl2N4O4S. The number of benzene rings is 2. The number of ether oxygens (including phenoxy) is 1. The van der Waals surface area contributed by atoms with Crippen molar-refractivity contribution >= 4 is 55.7 Å². The van der Waals surface area contributed by atoms with Crippen molar-refractivity contribution in [2.75, 3.05) is 38.1 Å². The molecule has 0 bridgehead atoms. The molecule has 0 aliphatic carbocycles. The lowest BCUT2D eigenvalue weighted by atomic mass is 9.99. The van der Waals surface area contributed by atoms with E-state index in [-0.39, 0.29) is 23.1 Å². The number of nitrogens with one attached hydrogen (secondary N) is 2. The summed E-state index contributed by atoms with van der Waals surface area (Å²) in [6.45, 7) is 3.72. The maximum absolute atomic E-state index is 13.4. The highest BCUT2D eigenvalue weighted by Crippen LogP contribution is 2.32. The molecule has 1 amide bonds. The summed E-state index contributed by atoms with van der Waals surface area (Å²) in [6.07, 6.45) is 3.67. The van der Waals surface area contributed by atoms with Gasteiger partial charge in [0.05, 0.1) is 18.0 Å². The molecule has 1 aliphatic heterocycles. The van der Waals surface area contributed by atoms with Gasteiger partial charge in [-0.3, -0.25) is 9.78 Å². The number of anilines is 1. The van der Waals surface area contributed by atoms with Gasteiger partial charge < -0.3 is 15.4 Å². The summed E-state index contributed by atoms with van der Waals surface area (Å²) in [5.74, 6) is -0.295. The first-order valence-electron chi connectivity index (χ1n) is 12.3. The van der Waals surface area contributed by atoms with Crippen LogP contribution >= 0.6 is 23.2 Å². The van der Waals surface area contributed by atoms with Gasteiger partial charge in [-0.25, -0.2) is 8.42 Å². The Morgan fingerprint density at radius 2 is 1.92 bits per heavy atom.